The third kappa shape index (κ3) is 2.75. The predicted octanol–water partition coefficient (Wildman–Crippen LogP) is 2.38. The van der Waals surface area contributed by atoms with Crippen LogP contribution in [0.4, 0.5) is 0 Å². The van der Waals surface area contributed by atoms with Crippen LogP contribution in [-0.4, -0.2) is 45.8 Å². The number of carbonyl (C=O) groups is 1. The average molecular weight is 346 g/mol. The minimum atomic E-state index is -0.315. The van der Waals surface area contributed by atoms with E-state index in [0.29, 0.717) is 5.92 Å². The number of thiophene rings is 1. The summed E-state index contributed by atoms with van der Waals surface area (Å²) in [6.45, 7) is 2.76. The number of fused-ring (bicyclic) bond motifs is 1. The molecule has 2 aromatic rings. The van der Waals surface area contributed by atoms with Crippen LogP contribution in [0.25, 0.3) is 0 Å². The highest BCUT2D eigenvalue weighted by Gasteiger charge is 2.35. The maximum absolute atomic E-state index is 12.4. The van der Waals surface area contributed by atoms with Gasteiger partial charge in [0.2, 0.25) is 0 Å². The molecule has 0 unspecified atom stereocenters. The molecule has 24 heavy (non-hydrogen) atoms. The van der Waals surface area contributed by atoms with Crippen molar-refractivity contribution < 1.29 is 9.53 Å². The Hall–Kier alpha value is -1.73. The smallest absolute Gasteiger partial charge is 0.327 e. The lowest BCUT2D eigenvalue weighted by atomic mass is 9.94. The minimum absolute atomic E-state index is 0.180. The van der Waals surface area contributed by atoms with Crippen LogP contribution in [0.15, 0.2) is 16.8 Å². The van der Waals surface area contributed by atoms with Gasteiger partial charge in [-0.1, -0.05) is 0 Å². The van der Waals surface area contributed by atoms with Crippen LogP contribution in [0.2, 0.25) is 0 Å². The van der Waals surface area contributed by atoms with Crippen LogP contribution in [0, 0.1) is 0 Å². The molecule has 0 N–H and O–H groups in total. The SMILES string of the molecule is COC(=O)[C@@H](c1ccsc1)N1CCC[C@@H](c2nnc3n2CCC3)C1. The van der Waals surface area contributed by atoms with Crippen molar-refractivity contribution in [2.24, 2.45) is 0 Å². The molecular formula is C17H22N4O2S. The van der Waals surface area contributed by atoms with Crippen molar-refractivity contribution in [2.45, 2.75) is 44.2 Å². The van der Waals surface area contributed by atoms with Gasteiger partial charge in [-0.2, -0.15) is 11.3 Å². The van der Waals surface area contributed by atoms with Crippen LogP contribution in [0.1, 0.15) is 48.4 Å². The van der Waals surface area contributed by atoms with Gasteiger partial charge >= 0.3 is 5.97 Å². The number of methoxy groups -OCH3 is 1. The minimum Gasteiger partial charge on any atom is -0.468 e. The summed E-state index contributed by atoms with van der Waals surface area (Å²) in [5, 5.41) is 12.9. The summed E-state index contributed by atoms with van der Waals surface area (Å²) in [6, 6.07) is 1.70. The Kier molecular flexibility index (Phi) is 4.37. The molecule has 1 saturated heterocycles. The number of ether oxygens (including phenoxy) is 1. The molecule has 1 fully saturated rings. The lowest BCUT2D eigenvalue weighted by molar-refractivity contribution is -0.147. The van der Waals surface area contributed by atoms with Crippen LogP contribution in [0.5, 0.6) is 0 Å². The van der Waals surface area contributed by atoms with Crippen molar-refractivity contribution in [1.29, 1.82) is 0 Å². The first-order chi connectivity index (χ1) is 11.8. The third-order valence-corrected chi connectivity index (χ3v) is 5.81. The predicted molar refractivity (Wildman–Crippen MR) is 91.0 cm³/mol. The Morgan fingerprint density at radius 1 is 1.38 bits per heavy atom. The molecule has 0 aliphatic carbocycles. The molecule has 128 valence electrons. The van der Waals surface area contributed by atoms with E-state index in [0.717, 1.165) is 62.5 Å². The maximum atomic E-state index is 12.4. The highest BCUT2D eigenvalue weighted by Crippen LogP contribution is 2.34. The van der Waals surface area contributed by atoms with Crippen LogP contribution >= 0.6 is 11.3 Å². The first-order valence-electron chi connectivity index (χ1n) is 8.54. The molecule has 0 radical (unpaired) electrons. The fourth-order valence-corrected chi connectivity index (χ4v) is 4.64. The summed E-state index contributed by atoms with van der Waals surface area (Å²) in [7, 11) is 1.47. The van der Waals surface area contributed by atoms with Gasteiger partial charge in [0.05, 0.1) is 7.11 Å². The van der Waals surface area contributed by atoms with Gasteiger partial charge in [-0.15, -0.1) is 10.2 Å². The van der Waals surface area contributed by atoms with Crippen molar-refractivity contribution >= 4 is 17.3 Å². The Bertz CT molecular complexity index is 712. The summed E-state index contributed by atoms with van der Waals surface area (Å²) in [5.74, 6) is 2.37. The molecule has 6 nitrogen and oxygen atoms in total. The number of hydrogen-bond donors (Lipinski definition) is 0. The third-order valence-electron chi connectivity index (χ3n) is 5.10. The topological polar surface area (TPSA) is 60.2 Å². The fourth-order valence-electron chi connectivity index (χ4n) is 3.96. The second-order valence-corrected chi connectivity index (χ2v) is 7.33. The van der Waals surface area contributed by atoms with Gasteiger partial charge < -0.3 is 9.30 Å². The molecule has 2 aliphatic heterocycles. The van der Waals surface area contributed by atoms with E-state index in [9.17, 15) is 4.79 Å². The summed E-state index contributed by atoms with van der Waals surface area (Å²) >= 11 is 1.61. The van der Waals surface area contributed by atoms with Gasteiger partial charge in [-0.25, -0.2) is 4.79 Å². The number of hydrogen-bond acceptors (Lipinski definition) is 6. The highest BCUT2D eigenvalue weighted by atomic mass is 32.1. The zero-order valence-electron chi connectivity index (χ0n) is 13.9. The maximum Gasteiger partial charge on any atom is 0.327 e. The summed E-state index contributed by atoms with van der Waals surface area (Å²) in [6.07, 6.45) is 4.35. The van der Waals surface area contributed by atoms with Crippen molar-refractivity contribution in [1.82, 2.24) is 19.7 Å². The number of piperidine rings is 1. The van der Waals surface area contributed by atoms with Crippen LogP contribution in [0.3, 0.4) is 0 Å². The van der Waals surface area contributed by atoms with Gasteiger partial charge in [-0.3, -0.25) is 4.90 Å². The van der Waals surface area contributed by atoms with Crippen molar-refractivity contribution in [3.8, 4) is 0 Å². The molecule has 2 aromatic heterocycles. The molecule has 0 bridgehead atoms. The molecule has 2 atom stereocenters. The number of esters is 1. The Balaban J connectivity index is 1.58. The molecular weight excluding hydrogens is 324 g/mol. The first-order valence-corrected chi connectivity index (χ1v) is 9.48. The van der Waals surface area contributed by atoms with Crippen LogP contribution in [-0.2, 0) is 22.5 Å². The summed E-state index contributed by atoms with van der Waals surface area (Å²) in [4.78, 5) is 14.6. The number of likely N-dealkylation sites (tertiary alicyclic amines) is 1. The zero-order chi connectivity index (χ0) is 16.5. The number of aryl methyl sites for hydroxylation is 1. The van der Waals surface area contributed by atoms with Crippen molar-refractivity contribution in [3.05, 3.63) is 34.0 Å². The van der Waals surface area contributed by atoms with E-state index >= 15 is 0 Å². The Labute approximate surface area is 145 Å². The molecule has 0 saturated carbocycles. The van der Waals surface area contributed by atoms with Gasteiger partial charge in [0, 0.05) is 25.4 Å². The van der Waals surface area contributed by atoms with Gasteiger partial charge in [0.1, 0.15) is 17.7 Å². The van der Waals surface area contributed by atoms with E-state index in [1.54, 1.807) is 11.3 Å². The highest BCUT2D eigenvalue weighted by molar-refractivity contribution is 7.08. The van der Waals surface area contributed by atoms with E-state index in [-0.39, 0.29) is 12.0 Å². The number of rotatable bonds is 4. The van der Waals surface area contributed by atoms with Crippen molar-refractivity contribution in [3.63, 3.8) is 0 Å². The summed E-state index contributed by atoms with van der Waals surface area (Å²) in [5.41, 5.74) is 1.03. The molecule has 0 spiro atoms. The molecule has 4 heterocycles. The first kappa shape index (κ1) is 15.8. The largest absolute Gasteiger partial charge is 0.468 e. The number of carbonyl (C=O) groups excluding carboxylic acids is 1. The van der Waals surface area contributed by atoms with Gasteiger partial charge in [0.25, 0.3) is 0 Å². The summed E-state index contributed by atoms with van der Waals surface area (Å²) < 4.78 is 7.36. The standard InChI is InChI=1S/C17H22N4O2S/c1-23-17(22)15(13-6-9-24-11-13)20-7-2-4-12(10-20)16-19-18-14-5-3-8-21(14)16/h6,9,11-12,15H,2-5,7-8,10H2,1H3/t12-,15-/m1/s1. The normalized spacial score (nSPS) is 22.3. The lowest BCUT2D eigenvalue weighted by Gasteiger charge is -2.36. The molecule has 0 aromatic carbocycles. The average Bonchev–Trinajstić information content (AvgIpc) is 3.33. The van der Waals surface area contributed by atoms with E-state index in [4.69, 9.17) is 4.74 Å². The van der Waals surface area contributed by atoms with Crippen molar-refractivity contribution in [2.75, 3.05) is 20.2 Å². The van der Waals surface area contributed by atoms with E-state index in [1.165, 1.54) is 7.11 Å². The lowest BCUT2D eigenvalue weighted by Crippen LogP contribution is -2.41. The molecule has 7 heteroatoms. The molecule has 4 rings (SSSR count). The van der Waals surface area contributed by atoms with Gasteiger partial charge in [0.15, 0.2) is 0 Å². The molecule has 0 amide bonds. The fraction of sp³-hybridized carbons (Fsp3) is 0.588. The monoisotopic (exact) mass is 346 g/mol. The second-order valence-electron chi connectivity index (χ2n) is 6.55. The number of nitrogens with zero attached hydrogens (tertiary/aromatic N) is 4. The second kappa shape index (κ2) is 6.64. The molecule has 2 aliphatic rings. The van der Waals surface area contributed by atoms with E-state index in [1.807, 2.05) is 16.8 Å². The quantitative estimate of drug-likeness (QED) is 0.796. The van der Waals surface area contributed by atoms with E-state index in [2.05, 4.69) is 19.7 Å². The van der Waals surface area contributed by atoms with E-state index < -0.39 is 0 Å². The van der Waals surface area contributed by atoms with Gasteiger partial charge in [-0.05, 0) is 48.2 Å². The Morgan fingerprint density at radius 2 is 2.29 bits per heavy atom. The zero-order valence-corrected chi connectivity index (χ0v) is 14.7. The number of aromatic nitrogens is 3. The van der Waals surface area contributed by atoms with Crippen LogP contribution < -0.4 is 0 Å². The Morgan fingerprint density at radius 3 is 3.08 bits per heavy atom.